The Labute approximate surface area is 242 Å². The summed E-state index contributed by atoms with van der Waals surface area (Å²) >= 11 is 0. The Kier molecular flexibility index (Phi) is 8.24. The molecule has 2 aromatic heterocycles. The highest BCUT2D eigenvalue weighted by atomic mass is 19.3. The van der Waals surface area contributed by atoms with Crippen LogP contribution in [0.1, 0.15) is 48.2 Å². The van der Waals surface area contributed by atoms with E-state index in [4.69, 9.17) is 9.47 Å². The quantitative estimate of drug-likeness (QED) is 0.168. The molecule has 5 aromatic rings. The number of ether oxygens (including phenoxy) is 2. The SMILES string of the molecule is Cn1nc(CC(F)F)c2c1COCCCCn1c(C(O)O)c(CCCOc3cccc4ccccc34)c3cccc-2c31. The zero-order valence-corrected chi connectivity index (χ0v) is 23.6. The van der Waals surface area contributed by atoms with Gasteiger partial charge < -0.3 is 24.3 Å². The van der Waals surface area contributed by atoms with E-state index < -0.39 is 19.1 Å². The fourth-order valence-electron chi connectivity index (χ4n) is 6.27. The van der Waals surface area contributed by atoms with Gasteiger partial charge in [0.2, 0.25) is 6.43 Å². The molecule has 1 aliphatic rings. The molecular formula is C33H35F2N3O4. The number of halogens is 2. The van der Waals surface area contributed by atoms with Crippen LogP contribution in [0.2, 0.25) is 0 Å². The first-order valence-electron chi connectivity index (χ1n) is 14.5. The zero-order chi connectivity index (χ0) is 29.2. The second-order valence-corrected chi connectivity index (χ2v) is 10.8. The molecule has 42 heavy (non-hydrogen) atoms. The van der Waals surface area contributed by atoms with Crippen LogP contribution < -0.4 is 4.74 Å². The standard InChI is InChI=1S/C33H35F2N3O4/c1-37-27-20-41-17-5-4-16-38-31-23(12-7-13-25(31)30(27)26(36-37)19-29(34)35)24(32(38)33(39)40)14-8-18-42-28-15-6-10-21-9-2-3-11-22(21)28/h2-3,6-7,9-13,15,29,33,39-40H,4-5,8,14,16-20H2,1H3. The highest BCUT2D eigenvalue weighted by Gasteiger charge is 2.28. The summed E-state index contributed by atoms with van der Waals surface area (Å²) in [5.41, 5.74) is 4.48. The van der Waals surface area contributed by atoms with Crippen LogP contribution in [0.4, 0.5) is 8.78 Å². The summed E-state index contributed by atoms with van der Waals surface area (Å²) in [6, 6.07) is 19.8. The Morgan fingerprint density at radius 3 is 2.62 bits per heavy atom. The molecule has 220 valence electrons. The summed E-state index contributed by atoms with van der Waals surface area (Å²) in [7, 11) is 1.75. The van der Waals surface area contributed by atoms with Crippen molar-refractivity contribution in [2.45, 2.75) is 58.0 Å². The fourth-order valence-corrected chi connectivity index (χ4v) is 6.27. The van der Waals surface area contributed by atoms with Gasteiger partial charge in [-0.05, 0) is 42.7 Å². The lowest BCUT2D eigenvalue weighted by Gasteiger charge is -2.15. The minimum absolute atomic E-state index is 0.257. The van der Waals surface area contributed by atoms with E-state index in [-0.39, 0.29) is 6.61 Å². The molecule has 1 aliphatic heterocycles. The number of hydrogen-bond donors (Lipinski definition) is 2. The largest absolute Gasteiger partial charge is 0.493 e. The summed E-state index contributed by atoms with van der Waals surface area (Å²) in [4.78, 5) is 0. The van der Waals surface area contributed by atoms with Gasteiger partial charge in [0, 0.05) is 42.1 Å². The Morgan fingerprint density at radius 1 is 1.00 bits per heavy atom. The lowest BCUT2D eigenvalue weighted by Crippen LogP contribution is -2.11. The molecule has 7 nitrogen and oxygen atoms in total. The first kappa shape index (κ1) is 28.3. The number of para-hydroxylation sites is 1. The van der Waals surface area contributed by atoms with Crippen LogP contribution in [0.15, 0.2) is 60.7 Å². The molecule has 0 atom stereocenters. The van der Waals surface area contributed by atoms with Crippen LogP contribution in [0.25, 0.3) is 32.8 Å². The fraction of sp³-hybridized carbons (Fsp3) is 0.364. The van der Waals surface area contributed by atoms with Crippen molar-refractivity contribution in [1.82, 2.24) is 14.3 Å². The normalized spacial score (nSPS) is 14.1. The minimum Gasteiger partial charge on any atom is -0.493 e. The molecular weight excluding hydrogens is 540 g/mol. The van der Waals surface area contributed by atoms with Gasteiger partial charge in [-0.15, -0.1) is 0 Å². The van der Waals surface area contributed by atoms with E-state index in [0.29, 0.717) is 49.6 Å². The number of nitrogens with zero attached hydrogens (tertiary/aromatic N) is 3. The molecule has 0 radical (unpaired) electrons. The Balaban J connectivity index is 1.41. The lowest BCUT2D eigenvalue weighted by atomic mass is 9.97. The first-order valence-corrected chi connectivity index (χ1v) is 14.5. The molecule has 0 amide bonds. The van der Waals surface area contributed by atoms with Crippen LogP contribution in [0.3, 0.4) is 0 Å². The summed E-state index contributed by atoms with van der Waals surface area (Å²) < 4.78 is 43.0. The Hall–Kier alpha value is -3.79. The van der Waals surface area contributed by atoms with E-state index in [2.05, 4.69) is 17.2 Å². The molecule has 6 rings (SSSR count). The van der Waals surface area contributed by atoms with Crippen molar-refractivity contribution in [3.8, 4) is 16.9 Å². The summed E-state index contributed by atoms with van der Waals surface area (Å²) in [6.07, 6.45) is -2.00. The van der Waals surface area contributed by atoms with Crippen molar-refractivity contribution >= 4 is 21.7 Å². The van der Waals surface area contributed by atoms with Gasteiger partial charge in [0.1, 0.15) is 5.75 Å². The maximum absolute atomic E-state index is 13.7. The smallest absolute Gasteiger partial charge is 0.244 e. The number of aliphatic hydroxyl groups excluding tert-OH is 1. The van der Waals surface area contributed by atoms with Gasteiger partial charge in [0.25, 0.3) is 0 Å². The van der Waals surface area contributed by atoms with Crippen molar-refractivity contribution in [2.24, 2.45) is 7.05 Å². The number of aromatic nitrogens is 3. The van der Waals surface area contributed by atoms with Crippen molar-refractivity contribution in [3.63, 3.8) is 0 Å². The minimum atomic E-state index is -2.55. The molecule has 0 saturated carbocycles. The second kappa shape index (κ2) is 12.2. The molecule has 9 heteroatoms. The first-order chi connectivity index (χ1) is 20.4. The van der Waals surface area contributed by atoms with Crippen LogP contribution in [0, 0.1) is 0 Å². The summed E-state index contributed by atoms with van der Waals surface area (Å²) in [6.45, 7) is 1.75. The predicted octanol–water partition coefficient (Wildman–Crippen LogP) is 6.31. The van der Waals surface area contributed by atoms with Gasteiger partial charge in [0.15, 0.2) is 6.29 Å². The number of alkyl halides is 2. The topological polar surface area (TPSA) is 81.7 Å². The second-order valence-electron chi connectivity index (χ2n) is 10.8. The van der Waals surface area contributed by atoms with E-state index in [1.807, 2.05) is 53.1 Å². The van der Waals surface area contributed by atoms with Gasteiger partial charge in [-0.1, -0.05) is 54.6 Å². The van der Waals surface area contributed by atoms with Crippen molar-refractivity contribution in [3.05, 3.63) is 83.3 Å². The van der Waals surface area contributed by atoms with E-state index in [1.165, 1.54) is 0 Å². The number of benzene rings is 3. The van der Waals surface area contributed by atoms with Gasteiger partial charge in [-0.3, -0.25) is 4.68 Å². The number of aliphatic hydroxyl groups is 2. The van der Waals surface area contributed by atoms with Gasteiger partial charge in [0.05, 0.1) is 42.2 Å². The molecule has 2 N–H and O–H groups in total. The number of fused-ring (bicyclic) bond motifs is 3. The number of aryl methyl sites for hydroxylation is 3. The highest BCUT2D eigenvalue weighted by molar-refractivity contribution is 5.99. The van der Waals surface area contributed by atoms with Crippen LogP contribution in [0.5, 0.6) is 5.75 Å². The maximum Gasteiger partial charge on any atom is 0.244 e. The van der Waals surface area contributed by atoms with Gasteiger partial charge >= 0.3 is 0 Å². The molecule has 0 unspecified atom stereocenters. The highest BCUT2D eigenvalue weighted by Crippen LogP contribution is 2.40. The monoisotopic (exact) mass is 575 g/mol. The molecule has 0 spiro atoms. The maximum atomic E-state index is 13.7. The van der Waals surface area contributed by atoms with Crippen LogP contribution in [-0.2, 0) is 37.8 Å². The summed E-state index contributed by atoms with van der Waals surface area (Å²) in [5, 5.41) is 28.8. The molecule has 0 saturated heterocycles. The molecule has 3 aromatic carbocycles. The average Bonchev–Trinajstić information content (AvgIpc) is 3.44. The van der Waals surface area contributed by atoms with Crippen LogP contribution in [-0.4, -0.2) is 44.2 Å². The van der Waals surface area contributed by atoms with Crippen molar-refractivity contribution in [2.75, 3.05) is 13.2 Å². The molecule has 3 heterocycles. The third-order valence-corrected chi connectivity index (χ3v) is 8.07. The Morgan fingerprint density at radius 2 is 1.79 bits per heavy atom. The molecule has 0 bridgehead atoms. The average molecular weight is 576 g/mol. The molecule has 0 fully saturated rings. The third-order valence-electron chi connectivity index (χ3n) is 8.07. The Bertz CT molecular complexity index is 1700. The number of rotatable bonds is 8. The summed E-state index contributed by atoms with van der Waals surface area (Å²) in [5.74, 6) is 0.813. The number of hydrogen-bond acceptors (Lipinski definition) is 5. The predicted molar refractivity (Wildman–Crippen MR) is 158 cm³/mol. The lowest BCUT2D eigenvalue weighted by molar-refractivity contribution is -0.0488. The zero-order valence-electron chi connectivity index (χ0n) is 23.6. The van der Waals surface area contributed by atoms with E-state index in [9.17, 15) is 19.0 Å². The van der Waals surface area contributed by atoms with Gasteiger partial charge in [-0.25, -0.2) is 8.78 Å². The van der Waals surface area contributed by atoms with E-state index in [1.54, 1.807) is 11.7 Å². The molecule has 0 aliphatic carbocycles. The third kappa shape index (κ3) is 5.40. The van der Waals surface area contributed by atoms with Crippen molar-refractivity contribution in [1.29, 1.82) is 0 Å². The van der Waals surface area contributed by atoms with Gasteiger partial charge in [-0.2, -0.15) is 5.10 Å². The van der Waals surface area contributed by atoms with Crippen molar-refractivity contribution < 1.29 is 28.5 Å². The van der Waals surface area contributed by atoms with E-state index >= 15 is 0 Å². The van der Waals surface area contributed by atoms with Crippen LogP contribution >= 0.6 is 0 Å². The van der Waals surface area contributed by atoms with E-state index in [0.717, 1.165) is 57.1 Å².